The lowest BCUT2D eigenvalue weighted by Crippen LogP contribution is -2.35. The number of ether oxygens (including phenoxy) is 2. The van der Waals surface area contributed by atoms with E-state index in [1.165, 1.54) is 5.56 Å². The zero-order valence-electron chi connectivity index (χ0n) is 22.5. The molecule has 2 nitrogen and oxygen atoms in total. The van der Waals surface area contributed by atoms with Crippen LogP contribution in [0.25, 0.3) is 43.8 Å². The molecule has 0 saturated carbocycles. The highest BCUT2D eigenvalue weighted by atomic mass is 32.4. The van der Waals surface area contributed by atoms with Crippen LogP contribution in [-0.2, 0) is 11.8 Å². The fourth-order valence-corrected chi connectivity index (χ4v) is 11.0. The number of benzene rings is 7. The maximum Gasteiger partial charge on any atom is 0.148 e. The van der Waals surface area contributed by atoms with Crippen molar-refractivity contribution in [2.24, 2.45) is 0 Å². The summed E-state index contributed by atoms with van der Waals surface area (Å²) in [6.45, 7) is 0. The minimum atomic E-state index is -2.56. The van der Waals surface area contributed by atoms with Crippen LogP contribution in [0.3, 0.4) is 0 Å². The molecule has 0 amide bonds. The first-order valence-corrected chi connectivity index (χ1v) is 16.8. The first-order valence-electron chi connectivity index (χ1n) is 14.0. The smallest absolute Gasteiger partial charge is 0.148 e. The van der Waals surface area contributed by atoms with Gasteiger partial charge in [-0.1, -0.05) is 121 Å². The average Bonchev–Trinajstić information content (AvgIpc) is 3.05. The van der Waals surface area contributed by atoms with Crippen LogP contribution in [0.5, 0.6) is 23.0 Å². The van der Waals surface area contributed by atoms with E-state index in [-0.39, 0.29) is 0 Å². The summed E-state index contributed by atoms with van der Waals surface area (Å²) in [7, 11) is 0. The van der Waals surface area contributed by atoms with E-state index in [2.05, 4.69) is 133 Å². The molecule has 42 heavy (non-hydrogen) atoms. The van der Waals surface area contributed by atoms with Gasteiger partial charge in [-0.3, -0.25) is 0 Å². The van der Waals surface area contributed by atoms with Gasteiger partial charge in [-0.15, -0.1) is 0 Å². The van der Waals surface area contributed by atoms with Gasteiger partial charge in [-0.25, -0.2) is 0 Å². The predicted molar refractivity (Wildman–Crippen MR) is 179 cm³/mol. The van der Waals surface area contributed by atoms with Crippen molar-refractivity contribution in [3.05, 3.63) is 140 Å². The molecule has 2 aliphatic heterocycles. The molecule has 1 atom stereocenters. The Morgan fingerprint density at radius 2 is 1.05 bits per heavy atom. The summed E-state index contributed by atoms with van der Waals surface area (Å²) in [6.07, 6.45) is 0. The molecule has 0 aliphatic carbocycles. The van der Waals surface area contributed by atoms with E-state index in [9.17, 15) is 0 Å². The molecule has 7 aromatic rings. The van der Waals surface area contributed by atoms with Crippen LogP contribution < -0.4 is 25.4 Å². The van der Waals surface area contributed by atoms with Crippen molar-refractivity contribution < 1.29 is 9.47 Å². The largest absolute Gasteiger partial charge is 0.455 e. The van der Waals surface area contributed by atoms with E-state index in [1.54, 1.807) is 0 Å². The van der Waals surface area contributed by atoms with Crippen molar-refractivity contribution in [1.29, 1.82) is 0 Å². The van der Waals surface area contributed by atoms with Crippen molar-refractivity contribution in [1.82, 2.24) is 0 Å². The first-order chi connectivity index (χ1) is 20.7. The van der Waals surface area contributed by atoms with E-state index < -0.39 is 6.04 Å². The molecule has 0 aromatic heterocycles. The Labute approximate surface area is 248 Å². The number of hydrogen-bond acceptors (Lipinski definition) is 3. The molecule has 2 aliphatic rings. The van der Waals surface area contributed by atoms with Crippen LogP contribution in [0.2, 0.25) is 0 Å². The van der Waals surface area contributed by atoms with Gasteiger partial charge in [0.15, 0.2) is 0 Å². The van der Waals surface area contributed by atoms with E-state index in [1.807, 2.05) is 6.07 Å². The van der Waals surface area contributed by atoms with Crippen molar-refractivity contribution in [2.45, 2.75) is 0 Å². The lowest BCUT2D eigenvalue weighted by Gasteiger charge is -2.39. The molecule has 0 spiro atoms. The van der Waals surface area contributed by atoms with Crippen molar-refractivity contribution in [3.8, 4) is 45.3 Å². The highest BCUT2D eigenvalue weighted by Crippen LogP contribution is 2.61. The van der Waals surface area contributed by atoms with Crippen LogP contribution in [0.15, 0.2) is 140 Å². The van der Waals surface area contributed by atoms with E-state index in [0.717, 1.165) is 77.1 Å². The van der Waals surface area contributed by atoms with Crippen LogP contribution >= 0.6 is 6.04 Å². The van der Waals surface area contributed by atoms with Crippen LogP contribution in [-0.4, -0.2) is 0 Å². The Morgan fingerprint density at radius 1 is 0.452 bits per heavy atom. The Morgan fingerprint density at radius 3 is 1.76 bits per heavy atom. The Bertz CT molecular complexity index is 2280. The Balaban J connectivity index is 1.36. The molecular weight excluding hydrogens is 551 g/mol. The van der Waals surface area contributed by atoms with Gasteiger partial charge >= 0.3 is 0 Å². The topological polar surface area (TPSA) is 18.5 Å². The molecule has 0 bridgehead atoms. The van der Waals surface area contributed by atoms with Crippen molar-refractivity contribution in [3.63, 3.8) is 0 Å². The summed E-state index contributed by atoms with van der Waals surface area (Å²) in [5.74, 6) is 3.33. The third kappa shape index (κ3) is 3.30. The standard InChI is InChI=1S/C38H23O2PS/c42-41-33-21-17-25-11-4-6-15-29(25)35(33)39-32-20-19-31(28-14-8-13-27(23-28)24-9-2-1-3-10-24)37(38(32)41)40-36-30-16-7-5-12-26(30)18-22-34(36)41/h1-23H. The monoisotopic (exact) mass is 574 g/mol. The van der Waals surface area contributed by atoms with Crippen LogP contribution in [0.1, 0.15) is 0 Å². The van der Waals surface area contributed by atoms with Gasteiger partial charge in [0.2, 0.25) is 0 Å². The molecule has 1 unspecified atom stereocenters. The lowest BCUT2D eigenvalue weighted by atomic mass is 9.98. The molecule has 0 radical (unpaired) electrons. The van der Waals surface area contributed by atoms with Crippen LogP contribution in [0.4, 0.5) is 0 Å². The molecule has 198 valence electrons. The summed E-state index contributed by atoms with van der Waals surface area (Å²) < 4.78 is 13.8. The summed E-state index contributed by atoms with van der Waals surface area (Å²) >= 11 is 6.95. The number of hydrogen-bond donors (Lipinski definition) is 0. The second-order valence-electron chi connectivity index (χ2n) is 10.8. The number of rotatable bonds is 2. The quantitative estimate of drug-likeness (QED) is 0.192. The second-order valence-corrected chi connectivity index (χ2v) is 15.1. The molecule has 4 heteroatoms. The molecule has 2 heterocycles. The van der Waals surface area contributed by atoms with E-state index >= 15 is 0 Å². The summed E-state index contributed by atoms with van der Waals surface area (Å²) in [6, 6.07) is 46.3. The SMILES string of the molecule is S=P12c3ccc4ccccc4c3Oc3ccc(-c4cccc(-c5ccccc5)c4)c(c31)Oc1c2ccc2ccccc12. The summed E-state index contributed by atoms with van der Waals surface area (Å²) in [5.41, 5.74) is 4.44. The van der Waals surface area contributed by atoms with Gasteiger partial charge in [0, 0.05) is 26.9 Å². The maximum atomic E-state index is 7.02. The maximum absolute atomic E-state index is 7.02. The zero-order valence-corrected chi connectivity index (χ0v) is 24.2. The van der Waals surface area contributed by atoms with Gasteiger partial charge in [0.25, 0.3) is 0 Å². The van der Waals surface area contributed by atoms with Gasteiger partial charge < -0.3 is 9.47 Å². The highest BCUT2D eigenvalue weighted by Gasteiger charge is 2.44. The third-order valence-electron chi connectivity index (χ3n) is 8.50. The second kappa shape index (κ2) is 8.90. The van der Waals surface area contributed by atoms with E-state index in [0.29, 0.717) is 0 Å². The first kappa shape index (κ1) is 24.0. The fraction of sp³-hybridized carbons (Fsp3) is 0. The average molecular weight is 575 g/mol. The third-order valence-corrected chi connectivity index (χ3v) is 13.3. The summed E-state index contributed by atoms with van der Waals surface area (Å²) in [5, 5.41) is 7.61. The minimum absolute atomic E-state index is 0.791. The Hall–Kier alpha value is -4.69. The van der Waals surface area contributed by atoms with E-state index in [4.69, 9.17) is 21.3 Å². The summed E-state index contributed by atoms with van der Waals surface area (Å²) in [4.78, 5) is 0. The molecule has 9 rings (SSSR count). The molecule has 7 aromatic carbocycles. The minimum Gasteiger partial charge on any atom is -0.455 e. The zero-order chi connectivity index (χ0) is 27.8. The predicted octanol–water partition coefficient (Wildman–Crippen LogP) is 9.29. The van der Waals surface area contributed by atoms with Crippen LogP contribution in [0, 0.1) is 0 Å². The molecule has 0 saturated heterocycles. The highest BCUT2D eigenvalue weighted by molar-refractivity contribution is 8.26. The lowest BCUT2D eigenvalue weighted by molar-refractivity contribution is 0.473. The molecule has 0 fully saturated rings. The van der Waals surface area contributed by atoms with Gasteiger partial charge in [0.1, 0.15) is 23.0 Å². The molecular formula is C38H23O2PS. The van der Waals surface area contributed by atoms with Gasteiger partial charge in [0.05, 0.1) is 11.3 Å². The van der Waals surface area contributed by atoms with Gasteiger partial charge in [-0.2, -0.15) is 0 Å². The fourth-order valence-electron chi connectivity index (χ4n) is 6.52. The molecule has 0 N–H and O–H groups in total. The number of fused-ring (bicyclic) bond motifs is 8. The van der Waals surface area contributed by atoms with Crippen molar-refractivity contribution >= 4 is 55.3 Å². The normalized spacial score (nSPS) is 16.2. The van der Waals surface area contributed by atoms with Crippen molar-refractivity contribution in [2.75, 3.05) is 0 Å². The van der Waals surface area contributed by atoms with Gasteiger partial charge in [-0.05, 0) is 57.8 Å². The Kier molecular flexibility index (Phi) is 5.08.